The molecule has 1 N–H and O–H groups in total. The quantitative estimate of drug-likeness (QED) is 0.809. The maximum atomic E-state index is 12.1. The molecule has 1 aromatic rings. The van der Waals surface area contributed by atoms with Crippen LogP contribution in [0.3, 0.4) is 0 Å². The van der Waals surface area contributed by atoms with Gasteiger partial charge in [-0.05, 0) is 31.7 Å². The Morgan fingerprint density at radius 1 is 1.56 bits per heavy atom. The fraction of sp³-hybridized carbons (Fsp3) is 0.692. The third-order valence-corrected chi connectivity index (χ3v) is 3.12. The van der Waals surface area contributed by atoms with Gasteiger partial charge in [0.2, 0.25) is 0 Å². The van der Waals surface area contributed by atoms with Crippen molar-refractivity contribution in [2.75, 3.05) is 12.4 Å². The molecule has 0 aliphatic carbocycles. The summed E-state index contributed by atoms with van der Waals surface area (Å²) in [6.07, 6.45) is 0.876. The van der Waals surface area contributed by atoms with E-state index >= 15 is 0 Å². The SMILES string of the molecule is CCn1nc(C)cc1C(=O)NCC(C)(C)CCCl. The number of hydrogen-bond acceptors (Lipinski definition) is 2. The highest BCUT2D eigenvalue weighted by atomic mass is 35.5. The molecule has 102 valence electrons. The van der Waals surface area contributed by atoms with Gasteiger partial charge in [-0.25, -0.2) is 0 Å². The van der Waals surface area contributed by atoms with E-state index in [1.807, 2.05) is 19.9 Å². The predicted octanol–water partition coefficient (Wildman–Crippen LogP) is 2.60. The van der Waals surface area contributed by atoms with Crippen LogP contribution in [0.5, 0.6) is 0 Å². The summed E-state index contributed by atoms with van der Waals surface area (Å²) >= 11 is 5.74. The van der Waals surface area contributed by atoms with Crippen LogP contribution in [0.15, 0.2) is 6.07 Å². The van der Waals surface area contributed by atoms with Crippen LogP contribution in [0.1, 0.15) is 43.4 Å². The number of nitrogens with one attached hydrogen (secondary N) is 1. The van der Waals surface area contributed by atoms with Crippen molar-refractivity contribution in [1.82, 2.24) is 15.1 Å². The van der Waals surface area contributed by atoms with Crippen molar-refractivity contribution in [3.63, 3.8) is 0 Å². The van der Waals surface area contributed by atoms with Crippen molar-refractivity contribution in [2.24, 2.45) is 5.41 Å². The van der Waals surface area contributed by atoms with Crippen LogP contribution in [0.2, 0.25) is 0 Å². The first-order valence-electron chi connectivity index (χ1n) is 6.28. The average Bonchev–Trinajstić information content (AvgIpc) is 2.67. The molecule has 0 bridgehead atoms. The lowest BCUT2D eigenvalue weighted by Crippen LogP contribution is -2.35. The minimum Gasteiger partial charge on any atom is -0.350 e. The number of aromatic nitrogens is 2. The average molecular weight is 272 g/mol. The van der Waals surface area contributed by atoms with Crippen LogP contribution in [0.4, 0.5) is 0 Å². The van der Waals surface area contributed by atoms with E-state index in [0.29, 0.717) is 24.7 Å². The standard InChI is InChI=1S/C13H22ClN3O/c1-5-17-11(8-10(2)16-17)12(18)15-9-13(3,4)6-7-14/h8H,5-7,9H2,1-4H3,(H,15,18). The van der Waals surface area contributed by atoms with E-state index in [1.54, 1.807) is 4.68 Å². The molecule has 1 aromatic heterocycles. The Bertz CT molecular complexity index is 412. The number of halogens is 1. The summed E-state index contributed by atoms with van der Waals surface area (Å²) < 4.78 is 1.72. The van der Waals surface area contributed by atoms with Gasteiger partial charge in [0.1, 0.15) is 5.69 Å². The van der Waals surface area contributed by atoms with Crippen molar-refractivity contribution in [3.8, 4) is 0 Å². The first kappa shape index (κ1) is 15.0. The van der Waals surface area contributed by atoms with Gasteiger partial charge in [0.15, 0.2) is 0 Å². The summed E-state index contributed by atoms with van der Waals surface area (Å²) in [6.45, 7) is 9.37. The summed E-state index contributed by atoms with van der Waals surface area (Å²) in [4.78, 5) is 12.1. The second-order valence-corrected chi connectivity index (χ2v) is 5.65. The van der Waals surface area contributed by atoms with Gasteiger partial charge in [0.25, 0.3) is 5.91 Å². The highest BCUT2D eigenvalue weighted by Crippen LogP contribution is 2.19. The molecule has 1 amide bonds. The molecular formula is C13H22ClN3O. The van der Waals surface area contributed by atoms with Gasteiger partial charge in [-0.3, -0.25) is 9.48 Å². The van der Waals surface area contributed by atoms with Crippen molar-refractivity contribution in [3.05, 3.63) is 17.5 Å². The molecule has 4 nitrogen and oxygen atoms in total. The fourth-order valence-corrected chi connectivity index (χ4v) is 2.24. The number of aryl methyl sites for hydroxylation is 2. The van der Waals surface area contributed by atoms with Crippen LogP contribution in [-0.2, 0) is 6.54 Å². The van der Waals surface area contributed by atoms with E-state index in [1.165, 1.54) is 0 Å². The van der Waals surface area contributed by atoms with Gasteiger partial charge < -0.3 is 5.32 Å². The molecule has 0 aliphatic rings. The lowest BCUT2D eigenvalue weighted by molar-refractivity contribution is 0.0925. The lowest BCUT2D eigenvalue weighted by Gasteiger charge is -2.23. The maximum absolute atomic E-state index is 12.1. The van der Waals surface area contributed by atoms with Gasteiger partial charge in [-0.1, -0.05) is 13.8 Å². The second-order valence-electron chi connectivity index (χ2n) is 5.27. The van der Waals surface area contributed by atoms with Crippen molar-refractivity contribution in [1.29, 1.82) is 0 Å². The molecule has 0 spiro atoms. The van der Waals surface area contributed by atoms with E-state index in [0.717, 1.165) is 12.1 Å². The number of carbonyl (C=O) groups is 1. The Hall–Kier alpha value is -1.03. The number of rotatable bonds is 6. The van der Waals surface area contributed by atoms with E-state index in [4.69, 9.17) is 11.6 Å². The van der Waals surface area contributed by atoms with Crippen LogP contribution in [-0.4, -0.2) is 28.1 Å². The zero-order chi connectivity index (χ0) is 13.8. The van der Waals surface area contributed by atoms with E-state index in [9.17, 15) is 4.79 Å². The molecule has 0 saturated carbocycles. The van der Waals surface area contributed by atoms with Crippen LogP contribution < -0.4 is 5.32 Å². The first-order chi connectivity index (χ1) is 8.39. The molecule has 1 heterocycles. The third-order valence-electron chi connectivity index (χ3n) is 2.93. The summed E-state index contributed by atoms with van der Waals surface area (Å²) in [6, 6.07) is 1.81. The maximum Gasteiger partial charge on any atom is 0.269 e. The summed E-state index contributed by atoms with van der Waals surface area (Å²) in [5.41, 5.74) is 1.50. The largest absolute Gasteiger partial charge is 0.350 e. The summed E-state index contributed by atoms with van der Waals surface area (Å²) in [7, 11) is 0. The van der Waals surface area contributed by atoms with Gasteiger partial charge in [-0.15, -0.1) is 11.6 Å². The minimum absolute atomic E-state index is 0.0174. The molecule has 1 rings (SSSR count). The van der Waals surface area contributed by atoms with Crippen LogP contribution >= 0.6 is 11.6 Å². The lowest BCUT2D eigenvalue weighted by atomic mass is 9.90. The highest BCUT2D eigenvalue weighted by molar-refractivity contribution is 6.17. The molecule has 0 radical (unpaired) electrons. The van der Waals surface area contributed by atoms with E-state index < -0.39 is 0 Å². The number of amides is 1. The topological polar surface area (TPSA) is 46.9 Å². The van der Waals surface area contributed by atoms with E-state index in [2.05, 4.69) is 24.3 Å². The Labute approximate surface area is 114 Å². The monoisotopic (exact) mass is 271 g/mol. The molecule has 0 atom stereocenters. The molecule has 0 saturated heterocycles. The first-order valence-corrected chi connectivity index (χ1v) is 6.81. The number of alkyl halides is 1. The summed E-state index contributed by atoms with van der Waals surface area (Å²) in [5, 5.41) is 7.22. The van der Waals surface area contributed by atoms with Crippen molar-refractivity contribution in [2.45, 2.75) is 40.7 Å². The Morgan fingerprint density at radius 3 is 2.78 bits per heavy atom. The van der Waals surface area contributed by atoms with Crippen molar-refractivity contribution < 1.29 is 4.79 Å². The van der Waals surface area contributed by atoms with Crippen LogP contribution in [0, 0.1) is 12.3 Å². The van der Waals surface area contributed by atoms with Gasteiger partial charge >= 0.3 is 0 Å². The molecule has 18 heavy (non-hydrogen) atoms. The molecule has 0 fully saturated rings. The van der Waals surface area contributed by atoms with Crippen molar-refractivity contribution >= 4 is 17.5 Å². The third kappa shape index (κ3) is 4.02. The molecule has 0 aromatic carbocycles. The van der Waals surface area contributed by atoms with Gasteiger partial charge in [0.05, 0.1) is 5.69 Å². The molecule has 5 heteroatoms. The normalized spacial score (nSPS) is 11.6. The Morgan fingerprint density at radius 2 is 2.22 bits per heavy atom. The predicted molar refractivity (Wildman–Crippen MR) is 74.1 cm³/mol. The Kier molecular flexibility index (Phi) is 5.20. The highest BCUT2D eigenvalue weighted by Gasteiger charge is 2.20. The molecule has 0 aliphatic heterocycles. The number of hydrogen-bond donors (Lipinski definition) is 1. The minimum atomic E-state index is -0.0694. The van der Waals surface area contributed by atoms with Crippen LogP contribution in [0.25, 0.3) is 0 Å². The van der Waals surface area contributed by atoms with Gasteiger partial charge in [0, 0.05) is 19.0 Å². The fourth-order valence-electron chi connectivity index (χ4n) is 1.72. The Balaban J connectivity index is 2.65. The number of carbonyl (C=O) groups excluding carboxylic acids is 1. The second kappa shape index (κ2) is 6.23. The van der Waals surface area contributed by atoms with E-state index in [-0.39, 0.29) is 11.3 Å². The summed E-state index contributed by atoms with van der Waals surface area (Å²) in [5.74, 6) is 0.537. The zero-order valence-electron chi connectivity index (χ0n) is 11.6. The number of nitrogens with zero attached hydrogens (tertiary/aromatic N) is 2. The van der Waals surface area contributed by atoms with Gasteiger partial charge in [-0.2, -0.15) is 5.10 Å². The smallest absolute Gasteiger partial charge is 0.269 e. The zero-order valence-corrected chi connectivity index (χ0v) is 12.3. The molecule has 0 unspecified atom stereocenters. The molecular weight excluding hydrogens is 250 g/mol.